The first kappa shape index (κ1) is 21.1. The number of nitrogens with one attached hydrogen (secondary N) is 1. The summed E-state index contributed by atoms with van der Waals surface area (Å²) in [5.74, 6) is 0. The van der Waals surface area contributed by atoms with Gasteiger partial charge < -0.3 is 5.21 Å². The number of aromatic nitrogens is 2. The van der Waals surface area contributed by atoms with E-state index in [1.165, 1.54) is 21.4 Å². The highest BCUT2D eigenvalue weighted by Crippen LogP contribution is 2.21. The number of aromatic amines is 1. The van der Waals surface area contributed by atoms with Gasteiger partial charge >= 0.3 is 0 Å². The van der Waals surface area contributed by atoms with Crippen LogP contribution in [0.3, 0.4) is 0 Å². The smallest absolute Gasteiger partial charge is 0.298 e. The summed E-state index contributed by atoms with van der Waals surface area (Å²) in [5.41, 5.74) is 5.40. The fraction of sp³-hybridized carbons (Fsp3) is 0.304. The van der Waals surface area contributed by atoms with Gasteiger partial charge in [-0.3, -0.25) is 9.89 Å². The highest BCUT2D eigenvalue weighted by atomic mass is 16.5. The van der Waals surface area contributed by atoms with Crippen molar-refractivity contribution in [2.24, 2.45) is 5.11 Å². The van der Waals surface area contributed by atoms with Gasteiger partial charge in [-0.2, -0.15) is 5.26 Å². The number of rotatable bonds is 7. The summed E-state index contributed by atoms with van der Waals surface area (Å²) in [7, 11) is 0. The van der Waals surface area contributed by atoms with E-state index in [0.29, 0.717) is 16.2 Å². The van der Waals surface area contributed by atoms with E-state index in [2.05, 4.69) is 42.3 Å². The molecule has 7 heteroatoms. The number of nitriles is 1. The first-order valence-electron chi connectivity index (χ1n) is 9.90. The Morgan fingerprint density at radius 1 is 1.13 bits per heavy atom. The minimum absolute atomic E-state index is 0.0591. The molecule has 1 aromatic heterocycles. The van der Waals surface area contributed by atoms with Crippen molar-refractivity contribution < 1.29 is 4.86 Å². The molecule has 0 atom stereocenters. The summed E-state index contributed by atoms with van der Waals surface area (Å²) >= 11 is 0. The standard InChI is InChI=1S/C23H25N5O2/c1-16-7-4-8-17(2)21(16)12-11-19-9-5-10-20(15-19)28(30)26-22-18(3)25-27(23(22)29)14-6-13-24/h4-5,7-10,15,25H,6,11-12,14H2,1-3H3. The van der Waals surface area contributed by atoms with Gasteiger partial charge in [0.15, 0.2) is 0 Å². The second kappa shape index (κ2) is 9.23. The number of aryl methyl sites for hydroxylation is 5. The summed E-state index contributed by atoms with van der Waals surface area (Å²) in [6.45, 7) is 6.13. The van der Waals surface area contributed by atoms with Gasteiger partial charge in [-0.1, -0.05) is 30.3 Å². The van der Waals surface area contributed by atoms with Crippen LogP contribution in [0.5, 0.6) is 0 Å². The van der Waals surface area contributed by atoms with E-state index in [-0.39, 0.29) is 18.7 Å². The molecule has 0 bridgehead atoms. The molecule has 154 valence electrons. The molecule has 30 heavy (non-hydrogen) atoms. The number of nitrogens with zero attached hydrogens (tertiary/aromatic N) is 4. The first-order valence-corrected chi connectivity index (χ1v) is 9.90. The molecule has 0 aliphatic rings. The zero-order chi connectivity index (χ0) is 21.7. The predicted molar refractivity (Wildman–Crippen MR) is 115 cm³/mol. The number of hydrogen-bond acceptors (Lipinski definition) is 4. The monoisotopic (exact) mass is 403 g/mol. The average molecular weight is 403 g/mol. The van der Waals surface area contributed by atoms with Gasteiger partial charge in [0, 0.05) is 17.2 Å². The summed E-state index contributed by atoms with van der Waals surface area (Å²) < 4.78 is 1.30. The van der Waals surface area contributed by atoms with Crippen molar-refractivity contribution in [1.82, 2.24) is 9.78 Å². The van der Waals surface area contributed by atoms with E-state index in [1.54, 1.807) is 19.1 Å². The molecule has 0 saturated carbocycles. The molecule has 0 amide bonds. The summed E-state index contributed by atoms with van der Waals surface area (Å²) in [6.07, 6.45) is 1.89. The van der Waals surface area contributed by atoms with Crippen LogP contribution in [0.1, 0.15) is 34.4 Å². The molecule has 0 spiro atoms. The quantitative estimate of drug-likeness (QED) is 0.351. The third-order valence-electron chi connectivity index (χ3n) is 5.18. The molecule has 0 saturated heterocycles. The van der Waals surface area contributed by atoms with Gasteiger partial charge in [-0.05, 0) is 60.7 Å². The summed E-state index contributed by atoms with van der Waals surface area (Å²) in [6, 6.07) is 15.6. The largest absolute Gasteiger partial charge is 0.594 e. The lowest BCUT2D eigenvalue weighted by molar-refractivity contribution is -0.435. The minimum Gasteiger partial charge on any atom is -0.594 e. The zero-order valence-corrected chi connectivity index (χ0v) is 17.5. The lowest BCUT2D eigenvalue weighted by Crippen LogP contribution is -2.16. The Hall–Kier alpha value is -3.66. The zero-order valence-electron chi connectivity index (χ0n) is 17.5. The van der Waals surface area contributed by atoms with E-state index >= 15 is 0 Å². The Balaban J connectivity index is 1.81. The highest BCUT2D eigenvalue weighted by Gasteiger charge is 2.15. The van der Waals surface area contributed by atoms with Gasteiger partial charge in [0.25, 0.3) is 5.56 Å². The normalized spacial score (nSPS) is 11.5. The first-order chi connectivity index (χ1) is 14.4. The SMILES string of the molecule is Cc1cccc(C)c1CCc1cccc([N+]([O-])=Nc2c(C)[nH]n(CCC#N)c2=O)c1. The molecule has 3 rings (SSSR count). The van der Waals surface area contributed by atoms with Crippen LogP contribution in [0, 0.1) is 37.3 Å². The lowest BCUT2D eigenvalue weighted by atomic mass is 9.96. The second-order valence-corrected chi connectivity index (χ2v) is 7.36. The van der Waals surface area contributed by atoms with Crippen molar-refractivity contribution in [2.45, 2.75) is 46.6 Å². The fourth-order valence-electron chi connectivity index (χ4n) is 3.52. The van der Waals surface area contributed by atoms with Crippen LogP contribution < -0.4 is 5.56 Å². The number of H-pyrrole nitrogens is 1. The molecular weight excluding hydrogens is 378 g/mol. The Kier molecular flexibility index (Phi) is 6.48. The van der Waals surface area contributed by atoms with E-state index in [4.69, 9.17) is 5.26 Å². The Labute approximate surface area is 175 Å². The molecule has 3 aromatic rings. The molecule has 7 nitrogen and oxygen atoms in total. The van der Waals surface area contributed by atoms with Crippen molar-refractivity contribution in [3.8, 4) is 6.07 Å². The van der Waals surface area contributed by atoms with Crippen molar-refractivity contribution in [2.75, 3.05) is 0 Å². The minimum atomic E-state index is -0.408. The third-order valence-corrected chi connectivity index (χ3v) is 5.18. The van der Waals surface area contributed by atoms with Crippen molar-refractivity contribution >= 4 is 11.4 Å². The molecule has 2 aromatic carbocycles. The molecule has 1 heterocycles. The fourth-order valence-corrected chi connectivity index (χ4v) is 3.52. The maximum Gasteiger partial charge on any atom is 0.298 e. The molecule has 0 radical (unpaired) electrons. The number of hydrogen-bond donors (Lipinski definition) is 1. The van der Waals surface area contributed by atoms with Gasteiger partial charge in [0.1, 0.15) is 0 Å². The van der Waals surface area contributed by atoms with Crippen LogP contribution in [-0.2, 0) is 19.4 Å². The van der Waals surface area contributed by atoms with Gasteiger partial charge in [-0.25, -0.2) is 4.68 Å². The topological polar surface area (TPSA) is 100 Å². The highest BCUT2D eigenvalue weighted by molar-refractivity contribution is 5.40. The Morgan fingerprint density at radius 2 is 1.83 bits per heavy atom. The van der Waals surface area contributed by atoms with E-state index in [0.717, 1.165) is 18.4 Å². The van der Waals surface area contributed by atoms with E-state index in [9.17, 15) is 10.0 Å². The van der Waals surface area contributed by atoms with Crippen molar-refractivity contribution in [3.05, 3.63) is 86.0 Å². The van der Waals surface area contributed by atoms with Gasteiger partial charge in [-0.15, -0.1) is 0 Å². The van der Waals surface area contributed by atoms with Gasteiger partial charge in [0.05, 0.1) is 24.7 Å². The Bertz CT molecular complexity index is 1160. The number of azo groups is 1. The van der Waals surface area contributed by atoms with E-state index < -0.39 is 5.56 Å². The van der Waals surface area contributed by atoms with Gasteiger partial charge in [0.2, 0.25) is 11.4 Å². The molecule has 0 aliphatic heterocycles. The van der Waals surface area contributed by atoms with Crippen molar-refractivity contribution in [3.63, 3.8) is 0 Å². The van der Waals surface area contributed by atoms with Crippen LogP contribution in [0.2, 0.25) is 0 Å². The molecule has 0 fully saturated rings. The lowest BCUT2D eigenvalue weighted by Gasteiger charge is -2.09. The number of benzene rings is 2. The summed E-state index contributed by atoms with van der Waals surface area (Å²) in [4.78, 5) is 12.9. The van der Waals surface area contributed by atoms with Crippen LogP contribution in [-0.4, -0.2) is 14.6 Å². The Morgan fingerprint density at radius 3 is 2.53 bits per heavy atom. The van der Waals surface area contributed by atoms with Crippen molar-refractivity contribution in [1.29, 1.82) is 5.26 Å². The third kappa shape index (κ3) is 4.66. The van der Waals surface area contributed by atoms with E-state index in [1.807, 2.05) is 18.2 Å². The van der Waals surface area contributed by atoms with Crippen LogP contribution in [0.25, 0.3) is 0 Å². The maximum atomic E-state index is 12.6. The maximum absolute atomic E-state index is 12.6. The second-order valence-electron chi connectivity index (χ2n) is 7.36. The molecular formula is C23H25N5O2. The predicted octanol–water partition coefficient (Wildman–Crippen LogP) is 4.73. The van der Waals surface area contributed by atoms with Crippen LogP contribution in [0.15, 0.2) is 52.4 Å². The molecule has 0 aliphatic carbocycles. The van der Waals surface area contributed by atoms with Crippen LogP contribution in [0.4, 0.5) is 11.4 Å². The van der Waals surface area contributed by atoms with Crippen LogP contribution >= 0.6 is 0 Å². The average Bonchev–Trinajstić information content (AvgIpc) is 2.99. The molecule has 1 N–H and O–H groups in total. The summed E-state index contributed by atoms with van der Waals surface area (Å²) in [5, 5.41) is 28.1. The molecule has 0 unspecified atom stereocenters.